The molecule has 0 saturated carbocycles. The highest BCUT2D eigenvalue weighted by Crippen LogP contribution is 2.16. The van der Waals surface area contributed by atoms with Gasteiger partial charge in [-0.2, -0.15) is 0 Å². The average molecular weight is 200 g/mol. The fourth-order valence-electron chi connectivity index (χ4n) is 0.695. The first-order chi connectivity index (χ1) is 5.81. The van der Waals surface area contributed by atoms with Crippen molar-refractivity contribution in [3.05, 3.63) is 0 Å². The van der Waals surface area contributed by atoms with E-state index in [9.17, 15) is 5.11 Å². The molecule has 1 N–H and O–H groups in total. The van der Waals surface area contributed by atoms with Crippen LogP contribution in [0.2, 0.25) is 13.1 Å². The zero-order valence-electron chi connectivity index (χ0n) is 9.22. The second kappa shape index (κ2) is 5.43. The Bertz CT molecular complexity index is 195. The molecular formula is C10H20O2Si. The van der Waals surface area contributed by atoms with Crippen LogP contribution < -0.4 is 0 Å². The fraction of sp³-hybridized carbons (Fsp3) is 0.800. The quantitative estimate of drug-likeness (QED) is 0.418. The van der Waals surface area contributed by atoms with E-state index in [1.54, 1.807) is 0 Å². The molecule has 0 spiro atoms. The zero-order valence-corrected chi connectivity index (χ0v) is 10.4. The van der Waals surface area contributed by atoms with E-state index < -0.39 is 15.3 Å². The van der Waals surface area contributed by atoms with Crippen molar-refractivity contribution in [2.24, 2.45) is 5.41 Å². The van der Waals surface area contributed by atoms with Crippen molar-refractivity contribution < 1.29 is 9.53 Å². The number of hydrogen-bond acceptors (Lipinski definition) is 2. The summed E-state index contributed by atoms with van der Waals surface area (Å²) in [5, 5.41) is 9.26. The van der Waals surface area contributed by atoms with Gasteiger partial charge in [0, 0.05) is 6.42 Å². The maximum Gasteiger partial charge on any atom is 0.210 e. The van der Waals surface area contributed by atoms with Gasteiger partial charge >= 0.3 is 0 Å². The molecule has 3 heteroatoms. The van der Waals surface area contributed by atoms with Gasteiger partial charge in [0.25, 0.3) is 0 Å². The predicted molar refractivity (Wildman–Crippen MR) is 57.8 cm³/mol. The minimum absolute atomic E-state index is 0.196. The van der Waals surface area contributed by atoms with E-state index in [0.717, 1.165) is 6.42 Å². The van der Waals surface area contributed by atoms with E-state index in [2.05, 4.69) is 32.6 Å². The molecule has 0 aliphatic rings. The largest absolute Gasteiger partial charge is 0.387 e. The molecule has 0 aromatic rings. The van der Waals surface area contributed by atoms with Crippen molar-refractivity contribution in [3.8, 4) is 11.8 Å². The third-order valence-corrected chi connectivity index (χ3v) is 2.05. The molecular weight excluding hydrogens is 180 g/mol. The molecule has 0 fully saturated rings. The molecule has 0 aromatic heterocycles. The van der Waals surface area contributed by atoms with Gasteiger partial charge in [0.05, 0.1) is 0 Å². The first-order valence-electron chi connectivity index (χ1n) is 4.63. The summed E-state index contributed by atoms with van der Waals surface area (Å²) in [5.41, 5.74) is 0.196. The van der Waals surface area contributed by atoms with Crippen LogP contribution in [0, 0.1) is 17.3 Å². The van der Waals surface area contributed by atoms with Gasteiger partial charge < -0.3 is 9.53 Å². The van der Waals surface area contributed by atoms with E-state index in [4.69, 9.17) is 4.43 Å². The summed E-state index contributed by atoms with van der Waals surface area (Å²) in [5.74, 6) is 5.62. The SMILES string of the molecule is C[SiH](C)OC(O)C#CCC(C)(C)C. The van der Waals surface area contributed by atoms with E-state index in [-0.39, 0.29) is 5.41 Å². The summed E-state index contributed by atoms with van der Waals surface area (Å²) >= 11 is 0. The van der Waals surface area contributed by atoms with E-state index in [1.165, 1.54) is 0 Å². The van der Waals surface area contributed by atoms with Crippen molar-refractivity contribution in [2.45, 2.75) is 46.6 Å². The lowest BCUT2D eigenvalue weighted by Gasteiger charge is -2.13. The van der Waals surface area contributed by atoms with Crippen LogP contribution in [0.3, 0.4) is 0 Å². The summed E-state index contributed by atoms with van der Waals surface area (Å²) in [6, 6.07) is 0. The Labute approximate surface area is 83.0 Å². The van der Waals surface area contributed by atoms with Gasteiger partial charge in [-0.1, -0.05) is 26.7 Å². The Hall–Kier alpha value is -0.303. The van der Waals surface area contributed by atoms with Crippen LogP contribution in [-0.4, -0.2) is 20.4 Å². The number of hydrogen-bond donors (Lipinski definition) is 1. The molecule has 2 nitrogen and oxygen atoms in total. The van der Waals surface area contributed by atoms with E-state index >= 15 is 0 Å². The van der Waals surface area contributed by atoms with Crippen LogP contribution in [0.1, 0.15) is 27.2 Å². The van der Waals surface area contributed by atoms with Gasteiger partial charge in [-0.15, -0.1) is 0 Å². The average Bonchev–Trinajstić information content (AvgIpc) is 1.81. The molecule has 0 bridgehead atoms. The second-order valence-corrected chi connectivity index (χ2v) is 6.97. The van der Waals surface area contributed by atoms with Crippen LogP contribution in [0.4, 0.5) is 0 Å². The Morgan fingerprint density at radius 2 is 1.92 bits per heavy atom. The Morgan fingerprint density at radius 1 is 1.38 bits per heavy atom. The first kappa shape index (κ1) is 12.7. The number of rotatable bonds is 2. The Kier molecular flexibility index (Phi) is 5.31. The molecule has 0 aliphatic carbocycles. The van der Waals surface area contributed by atoms with Crippen LogP contribution in [0.15, 0.2) is 0 Å². The van der Waals surface area contributed by atoms with Gasteiger partial charge in [0.2, 0.25) is 6.29 Å². The molecule has 76 valence electrons. The summed E-state index contributed by atoms with van der Waals surface area (Å²) in [6.45, 7) is 10.4. The minimum Gasteiger partial charge on any atom is -0.387 e. The van der Waals surface area contributed by atoms with Gasteiger partial charge in [0.15, 0.2) is 9.04 Å². The molecule has 0 rings (SSSR count). The maximum atomic E-state index is 9.26. The smallest absolute Gasteiger partial charge is 0.210 e. The van der Waals surface area contributed by atoms with Crippen LogP contribution in [-0.2, 0) is 4.43 Å². The topological polar surface area (TPSA) is 29.5 Å². The van der Waals surface area contributed by atoms with Crippen molar-refractivity contribution in [1.82, 2.24) is 0 Å². The fourth-order valence-corrected chi connectivity index (χ4v) is 1.28. The normalized spacial score (nSPS) is 13.8. The monoisotopic (exact) mass is 200 g/mol. The Morgan fingerprint density at radius 3 is 2.31 bits per heavy atom. The van der Waals surface area contributed by atoms with Gasteiger partial charge in [-0.3, -0.25) is 0 Å². The van der Waals surface area contributed by atoms with Gasteiger partial charge in [0.1, 0.15) is 0 Å². The molecule has 0 heterocycles. The molecule has 0 aliphatic heterocycles. The molecule has 1 unspecified atom stereocenters. The summed E-state index contributed by atoms with van der Waals surface area (Å²) in [4.78, 5) is 0. The zero-order chi connectivity index (χ0) is 10.5. The van der Waals surface area contributed by atoms with E-state index in [0.29, 0.717) is 0 Å². The van der Waals surface area contributed by atoms with Crippen molar-refractivity contribution in [2.75, 3.05) is 0 Å². The lowest BCUT2D eigenvalue weighted by molar-refractivity contribution is 0.0321. The van der Waals surface area contributed by atoms with Crippen LogP contribution in [0.25, 0.3) is 0 Å². The van der Waals surface area contributed by atoms with Crippen LogP contribution in [0.5, 0.6) is 0 Å². The predicted octanol–water partition coefficient (Wildman–Crippen LogP) is 1.74. The maximum absolute atomic E-state index is 9.26. The third-order valence-electron chi connectivity index (χ3n) is 1.25. The van der Waals surface area contributed by atoms with Crippen molar-refractivity contribution >= 4 is 9.04 Å². The lowest BCUT2D eigenvalue weighted by atomic mass is 9.93. The highest BCUT2D eigenvalue weighted by molar-refractivity contribution is 6.48. The van der Waals surface area contributed by atoms with Gasteiger partial charge in [-0.05, 0) is 24.4 Å². The van der Waals surface area contributed by atoms with Crippen molar-refractivity contribution in [1.29, 1.82) is 0 Å². The molecule has 1 atom stereocenters. The molecule has 13 heavy (non-hydrogen) atoms. The molecule has 0 amide bonds. The van der Waals surface area contributed by atoms with E-state index in [1.807, 2.05) is 13.1 Å². The summed E-state index contributed by atoms with van der Waals surface area (Å²) < 4.78 is 5.19. The van der Waals surface area contributed by atoms with Gasteiger partial charge in [-0.25, -0.2) is 0 Å². The summed E-state index contributed by atoms with van der Waals surface area (Å²) in [7, 11) is -1.17. The number of aliphatic hydroxyl groups is 1. The summed E-state index contributed by atoms with van der Waals surface area (Å²) in [6.07, 6.45) is -0.0957. The third kappa shape index (κ3) is 9.61. The molecule has 0 saturated heterocycles. The van der Waals surface area contributed by atoms with Crippen molar-refractivity contribution in [3.63, 3.8) is 0 Å². The molecule has 0 aromatic carbocycles. The highest BCUT2D eigenvalue weighted by Gasteiger charge is 2.07. The van der Waals surface area contributed by atoms with Crippen LogP contribution >= 0.6 is 0 Å². The standard InChI is InChI=1S/C10H20O2Si/c1-10(2,3)8-6-7-9(11)12-13(4)5/h9,11,13H,8H2,1-5H3. The lowest BCUT2D eigenvalue weighted by Crippen LogP contribution is -2.18. The second-order valence-electron chi connectivity index (χ2n) is 4.60. The highest BCUT2D eigenvalue weighted by atomic mass is 28.3. The minimum atomic E-state index is -1.17. The Balaban J connectivity index is 3.83. The molecule has 0 radical (unpaired) electrons. The number of aliphatic hydroxyl groups excluding tert-OH is 1. The first-order valence-corrected chi connectivity index (χ1v) is 7.41.